The molecule has 82 valence electrons. The summed E-state index contributed by atoms with van der Waals surface area (Å²) in [5, 5.41) is 3.67. The first-order valence-electron chi connectivity index (χ1n) is 5.09. The van der Waals surface area contributed by atoms with Crippen LogP contribution in [-0.4, -0.2) is 29.2 Å². The predicted molar refractivity (Wildman–Crippen MR) is 59.2 cm³/mol. The summed E-state index contributed by atoms with van der Waals surface area (Å²) in [5.41, 5.74) is 0. The third kappa shape index (κ3) is 3.17. The van der Waals surface area contributed by atoms with Crippen molar-refractivity contribution in [2.75, 3.05) is 5.75 Å². The zero-order valence-corrected chi connectivity index (χ0v) is 10.1. The van der Waals surface area contributed by atoms with Crippen LogP contribution in [0.4, 0.5) is 0 Å². The molecule has 1 N–H and O–H groups in total. The lowest BCUT2D eigenvalue weighted by Crippen LogP contribution is -2.40. The molecular formula is C10H19NO2S. The van der Waals surface area contributed by atoms with Gasteiger partial charge in [-0.25, -0.2) is 0 Å². The van der Waals surface area contributed by atoms with Gasteiger partial charge in [0, 0.05) is 5.75 Å². The van der Waals surface area contributed by atoms with Crippen molar-refractivity contribution in [1.29, 1.82) is 0 Å². The molecule has 0 aromatic rings. The summed E-state index contributed by atoms with van der Waals surface area (Å²) in [5.74, 6) is 1.27. The van der Waals surface area contributed by atoms with Gasteiger partial charge in [-0.3, -0.25) is 10.1 Å². The highest BCUT2D eigenvalue weighted by Crippen LogP contribution is 2.25. The fraction of sp³-hybridized carbons (Fsp3) is 0.900. The number of esters is 1. The molecule has 0 bridgehead atoms. The Morgan fingerprint density at radius 3 is 2.50 bits per heavy atom. The minimum atomic E-state index is -0.116. The number of carbonyl (C=O) groups is 1. The zero-order valence-electron chi connectivity index (χ0n) is 9.24. The number of ether oxygens (including phenoxy) is 1. The average Bonchev–Trinajstić information content (AvgIpc) is 2.50. The van der Waals surface area contributed by atoms with Crippen molar-refractivity contribution in [3.05, 3.63) is 0 Å². The maximum absolute atomic E-state index is 11.5. The summed E-state index contributed by atoms with van der Waals surface area (Å²) < 4.78 is 5.15. The van der Waals surface area contributed by atoms with Crippen molar-refractivity contribution in [3.8, 4) is 0 Å². The number of hydrogen-bond acceptors (Lipinski definition) is 4. The van der Waals surface area contributed by atoms with E-state index in [1.165, 1.54) is 0 Å². The van der Waals surface area contributed by atoms with Gasteiger partial charge in [-0.15, -0.1) is 11.8 Å². The summed E-state index contributed by atoms with van der Waals surface area (Å²) >= 11 is 1.80. The van der Waals surface area contributed by atoms with Crippen LogP contribution >= 0.6 is 11.8 Å². The molecule has 4 heteroatoms. The molecule has 14 heavy (non-hydrogen) atoms. The van der Waals surface area contributed by atoms with Crippen LogP contribution in [0.3, 0.4) is 0 Å². The first-order valence-corrected chi connectivity index (χ1v) is 6.13. The van der Waals surface area contributed by atoms with Gasteiger partial charge in [0.25, 0.3) is 0 Å². The van der Waals surface area contributed by atoms with Gasteiger partial charge < -0.3 is 4.74 Å². The van der Waals surface area contributed by atoms with E-state index in [-0.39, 0.29) is 18.1 Å². The van der Waals surface area contributed by atoms with Gasteiger partial charge in [0.05, 0.1) is 11.5 Å². The maximum Gasteiger partial charge on any atom is 0.324 e. The molecule has 2 atom stereocenters. The van der Waals surface area contributed by atoms with Crippen molar-refractivity contribution < 1.29 is 9.53 Å². The molecule has 1 fully saturated rings. The SMILES string of the molecule is CC(C)OC(=O)C1CSC(C(C)C)N1. The Labute approximate surface area is 90.0 Å². The van der Waals surface area contributed by atoms with Crippen LogP contribution in [0.25, 0.3) is 0 Å². The largest absolute Gasteiger partial charge is 0.462 e. The maximum atomic E-state index is 11.5. The van der Waals surface area contributed by atoms with Crippen LogP contribution in [-0.2, 0) is 9.53 Å². The standard InChI is InChI=1S/C10H19NO2S/c1-6(2)9-11-8(5-14-9)10(12)13-7(3)4/h6-9,11H,5H2,1-4H3. The molecule has 0 amide bonds. The average molecular weight is 217 g/mol. The molecule has 1 aliphatic heterocycles. The van der Waals surface area contributed by atoms with E-state index in [0.29, 0.717) is 11.3 Å². The molecule has 1 heterocycles. The second kappa shape index (κ2) is 5.03. The summed E-state index contributed by atoms with van der Waals surface area (Å²) in [4.78, 5) is 11.5. The van der Waals surface area contributed by atoms with Crippen LogP contribution in [0.2, 0.25) is 0 Å². The minimum absolute atomic E-state index is 0.0209. The van der Waals surface area contributed by atoms with E-state index in [0.717, 1.165) is 5.75 Å². The molecule has 1 saturated heterocycles. The van der Waals surface area contributed by atoms with Crippen molar-refractivity contribution >= 4 is 17.7 Å². The van der Waals surface area contributed by atoms with E-state index in [1.807, 2.05) is 13.8 Å². The zero-order chi connectivity index (χ0) is 10.7. The summed E-state index contributed by atoms with van der Waals surface area (Å²) in [7, 11) is 0. The van der Waals surface area contributed by atoms with Gasteiger partial charge >= 0.3 is 5.97 Å². The number of thioether (sulfide) groups is 1. The summed E-state index contributed by atoms with van der Waals surface area (Å²) in [6, 6.07) is -0.116. The molecule has 0 radical (unpaired) electrons. The highest BCUT2D eigenvalue weighted by atomic mass is 32.2. The van der Waals surface area contributed by atoms with E-state index in [4.69, 9.17) is 4.74 Å². The molecule has 0 aromatic carbocycles. The topological polar surface area (TPSA) is 38.3 Å². The molecule has 3 nitrogen and oxygen atoms in total. The van der Waals surface area contributed by atoms with E-state index in [2.05, 4.69) is 19.2 Å². The Morgan fingerprint density at radius 1 is 1.43 bits per heavy atom. The summed E-state index contributed by atoms with van der Waals surface area (Å²) in [6.07, 6.45) is -0.0209. The fourth-order valence-electron chi connectivity index (χ4n) is 1.33. The fourth-order valence-corrected chi connectivity index (χ4v) is 2.61. The van der Waals surface area contributed by atoms with E-state index in [1.54, 1.807) is 11.8 Å². The van der Waals surface area contributed by atoms with Crippen molar-refractivity contribution in [2.45, 2.75) is 45.2 Å². The molecule has 1 rings (SSSR count). The van der Waals surface area contributed by atoms with Crippen molar-refractivity contribution in [2.24, 2.45) is 5.92 Å². The molecule has 2 unspecified atom stereocenters. The van der Waals surface area contributed by atoms with Crippen LogP contribution in [0.5, 0.6) is 0 Å². The van der Waals surface area contributed by atoms with Crippen molar-refractivity contribution in [1.82, 2.24) is 5.32 Å². The van der Waals surface area contributed by atoms with Crippen LogP contribution in [0.1, 0.15) is 27.7 Å². The van der Waals surface area contributed by atoms with E-state index in [9.17, 15) is 4.79 Å². The van der Waals surface area contributed by atoms with Crippen LogP contribution < -0.4 is 5.32 Å². The van der Waals surface area contributed by atoms with Crippen LogP contribution in [0, 0.1) is 5.92 Å². The van der Waals surface area contributed by atoms with E-state index < -0.39 is 0 Å². The monoisotopic (exact) mass is 217 g/mol. The number of hydrogen-bond donors (Lipinski definition) is 1. The second-order valence-corrected chi connectivity index (χ2v) is 5.38. The highest BCUT2D eigenvalue weighted by molar-refractivity contribution is 8.00. The lowest BCUT2D eigenvalue weighted by Gasteiger charge is -2.16. The third-order valence-electron chi connectivity index (χ3n) is 2.05. The Bertz CT molecular complexity index is 206. The Kier molecular flexibility index (Phi) is 4.26. The number of carbonyl (C=O) groups excluding carboxylic acids is 1. The summed E-state index contributed by atoms with van der Waals surface area (Å²) in [6.45, 7) is 8.06. The minimum Gasteiger partial charge on any atom is -0.462 e. The molecular weight excluding hydrogens is 198 g/mol. The lowest BCUT2D eigenvalue weighted by atomic mass is 10.2. The molecule has 0 aliphatic carbocycles. The smallest absolute Gasteiger partial charge is 0.324 e. The van der Waals surface area contributed by atoms with Gasteiger partial charge in [0.15, 0.2) is 0 Å². The highest BCUT2D eigenvalue weighted by Gasteiger charge is 2.32. The Hall–Kier alpha value is -0.220. The van der Waals surface area contributed by atoms with Gasteiger partial charge in [-0.05, 0) is 19.8 Å². The first kappa shape index (κ1) is 11.9. The number of nitrogens with one attached hydrogen (secondary N) is 1. The van der Waals surface area contributed by atoms with Gasteiger partial charge in [0.2, 0.25) is 0 Å². The lowest BCUT2D eigenvalue weighted by molar-refractivity contribution is -0.149. The van der Waals surface area contributed by atoms with Gasteiger partial charge in [0.1, 0.15) is 6.04 Å². The second-order valence-electron chi connectivity index (χ2n) is 4.20. The molecule has 1 aliphatic rings. The van der Waals surface area contributed by atoms with E-state index >= 15 is 0 Å². The molecule has 0 saturated carbocycles. The van der Waals surface area contributed by atoms with Gasteiger partial charge in [-0.1, -0.05) is 13.8 Å². The van der Waals surface area contributed by atoms with Gasteiger partial charge in [-0.2, -0.15) is 0 Å². The van der Waals surface area contributed by atoms with Crippen LogP contribution in [0.15, 0.2) is 0 Å². The first-order chi connectivity index (χ1) is 6.50. The number of rotatable bonds is 3. The molecule has 0 spiro atoms. The third-order valence-corrected chi connectivity index (χ3v) is 3.62. The molecule has 0 aromatic heterocycles. The Balaban J connectivity index is 2.38. The van der Waals surface area contributed by atoms with Crippen molar-refractivity contribution in [3.63, 3.8) is 0 Å². The predicted octanol–water partition coefficient (Wildman–Crippen LogP) is 1.63. The quantitative estimate of drug-likeness (QED) is 0.729. The normalized spacial score (nSPS) is 27.3. The Morgan fingerprint density at radius 2 is 2.07 bits per heavy atom.